The highest BCUT2D eigenvalue weighted by molar-refractivity contribution is 7.48. The van der Waals surface area contributed by atoms with E-state index in [9.17, 15) is 4.79 Å². The van der Waals surface area contributed by atoms with E-state index in [-0.39, 0.29) is 10.9 Å². The standard InChI is InChI=1S/C21H27O2P/c1-7-21(5,18-10-8-9-15(3)20(18)23-6)24-19-12-11-14(2)13-17(19)16(4)22/h8-13,24H,7H2,1-6H3. The van der Waals surface area contributed by atoms with Crippen LogP contribution in [0.15, 0.2) is 36.4 Å². The summed E-state index contributed by atoms with van der Waals surface area (Å²) >= 11 is 0. The van der Waals surface area contributed by atoms with Crippen LogP contribution in [0.4, 0.5) is 0 Å². The number of aryl methyl sites for hydroxylation is 2. The Morgan fingerprint density at radius 3 is 2.50 bits per heavy atom. The molecule has 0 heterocycles. The van der Waals surface area contributed by atoms with E-state index >= 15 is 0 Å². The molecule has 0 aliphatic heterocycles. The summed E-state index contributed by atoms with van der Waals surface area (Å²) in [5, 5.41) is 1.08. The van der Waals surface area contributed by atoms with Crippen molar-refractivity contribution in [3.8, 4) is 5.75 Å². The molecule has 2 rings (SSSR count). The molecule has 128 valence electrons. The predicted octanol–water partition coefficient (Wildman–Crippen LogP) is 5.14. The zero-order valence-electron chi connectivity index (χ0n) is 15.5. The number of methoxy groups -OCH3 is 1. The first-order valence-corrected chi connectivity index (χ1v) is 9.36. The van der Waals surface area contributed by atoms with Crippen LogP contribution in [0.3, 0.4) is 0 Å². The summed E-state index contributed by atoms with van der Waals surface area (Å²) in [5.74, 6) is 1.10. The van der Waals surface area contributed by atoms with Crippen molar-refractivity contribution in [3.63, 3.8) is 0 Å². The van der Waals surface area contributed by atoms with E-state index in [0.29, 0.717) is 8.58 Å². The molecule has 2 aromatic carbocycles. The molecule has 24 heavy (non-hydrogen) atoms. The van der Waals surface area contributed by atoms with Gasteiger partial charge in [0.1, 0.15) is 5.75 Å². The molecule has 0 aliphatic rings. The second kappa shape index (κ2) is 7.49. The van der Waals surface area contributed by atoms with Gasteiger partial charge in [0.25, 0.3) is 0 Å². The van der Waals surface area contributed by atoms with E-state index in [1.165, 1.54) is 5.56 Å². The molecule has 0 radical (unpaired) electrons. The fourth-order valence-corrected chi connectivity index (χ4v) is 4.71. The molecule has 0 amide bonds. The van der Waals surface area contributed by atoms with Crippen molar-refractivity contribution in [3.05, 3.63) is 58.7 Å². The third-order valence-electron chi connectivity index (χ3n) is 4.68. The Balaban J connectivity index is 2.53. The fourth-order valence-electron chi connectivity index (χ4n) is 3.06. The van der Waals surface area contributed by atoms with Crippen LogP contribution in [-0.4, -0.2) is 12.9 Å². The minimum atomic E-state index is -0.0587. The molecule has 0 spiro atoms. The molecule has 0 aliphatic carbocycles. The highest BCUT2D eigenvalue weighted by Gasteiger charge is 2.30. The van der Waals surface area contributed by atoms with Crippen LogP contribution < -0.4 is 10.0 Å². The fraction of sp³-hybridized carbons (Fsp3) is 0.381. The van der Waals surface area contributed by atoms with Gasteiger partial charge in [0.05, 0.1) is 7.11 Å². The SMILES string of the molecule is CCC(C)(Pc1ccc(C)cc1C(C)=O)c1cccc(C)c1OC. The molecular formula is C21H27O2P. The van der Waals surface area contributed by atoms with Crippen LogP contribution in [-0.2, 0) is 5.16 Å². The first kappa shape index (κ1) is 18.7. The van der Waals surface area contributed by atoms with E-state index in [1.54, 1.807) is 14.0 Å². The molecule has 2 atom stereocenters. The van der Waals surface area contributed by atoms with Crippen molar-refractivity contribution in [1.82, 2.24) is 0 Å². The van der Waals surface area contributed by atoms with Crippen molar-refractivity contribution >= 4 is 19.7 Å². The van der Waals surface area contributed by atoms with Crippen molar-refractivity contribution in [2.75, 3.05) is 7.11 Å². The maximum Gasteiger partial charge on any atom is 0.160 e. The second-order valence-corrected chi connectivity index (χ2v) is 8.46. The number of rotatable bonds is 6. The third kappa shape index (κ3) is 3.70. The van der Waals surface area contributed by atoms with Crippen LogP contribution in [0, 0.1) is 13.8 Å². The molecule has 2 unspecified atom stereocenters. The maximum atomic E-state index is 12.1. The van der Waals surface area contributed by atoms with Crippen LogP contribution in [0.1, 0.15) is 54.2 Å². The third-order valence-corrected chi connectivity index (χ3v) is 6.56. The van der Waals surface area contributed by atoms with Crippen LogP contribution in [0.25, 0.3) is 0 Å². The second-order valence-electron chi connectivity index (χ2n) is 6.57. The monoisotopic (exact) mass is 342 g/mol. The van der Waals surface area contributed by atoms with Gasteiger partial charge in [0.2, 0.25) is 0 Å². The molecule has 3 heteroatoms. The van der Waals surface area contributed by atoms with Gasteiger partial charge in [-0.25, -0.2) is 0 Å². The summed E-state index contributed by atoms with van der Waals surface area (Å²) in [7, 11) is 2.24. The Morgan fingerprint density at radius 1 is 1.21 bits per heavy atom. The number of carbonyl (C=O) groups excluding carboxylic acids is 1. The smallest absolute Gasteiger partial charge is 0.160 e. The zero-order chi connectivity index (χ0) is 17.9. The van der Waals surface area contributed by atoms with E-state index in [1.807, 2.05) is 13.0 Å². The molecule has 2 nitrogen and oxygen atoms in total. The Bertz CT molecular complexity index is 751. The first-order chi connectivity index (χ1) is 11.3. The van der Waals surface area contributed by atoms with Crippen LogP contribution in [0.5, 0.6) is 5.75 Å². The van der Waals surface area contributed by atoms with Gasteiger partial charge in [0, 0.05) is 16.3 Å². The average molecular weight is 342 g/mol. The number of benzene rings is 2. The van der Waals surface area contributed by atoms with Gasteiger partial charge in [-0.05, 0) is 44.1 Å². The van der Waals surface area contributed by atoms with E-state index in [0.717, 1.165) is 34.2 Å². The maximum absolute atomic E-state index is 12.1. The van der Waals surface area contributed by atoms with Gasteiger partial charge in [-0.15, -0.1) is 0 Å². The highest BCUT2D eigenvalue weighted by atomic mass is 31.1. The Morgan fingerprint density at radius 2 is 1.92 bits per heavy atom. The number of Topliss-reactive ketones (excluding diaryl/α,β-unsaturated/α-hetero) is 1. The molecule has 0 bridgehead atoms. The largest absolute Gasteiger partial charge is 0.496 e. The van der Waals surface area contributed by atoms with E-state index in [2.05, 4.69) is 51.1 Å². The van der Waals surface area contributed by atoms with Crippen molar-refractivity contribution in [2.24, 2.45) is 0 Å². The van der Waals surface area contributed by atoms with Gasteiger partial charge < -0.3 is 4.74 Å². The van der Waals surface area contributed by atoms with E-state index < -0.39 is 0 Å². The van der Waals surface area contributed by atoms with Crippen molar-refractivity contribution in [1.29, 1.82) is 0 Å². The minimum Gasteiger partial charge on any atom is -0.496 e. The lowest BCUT2D eigenvalue weighted by Crippen LogP contribution is -2.22. The summed E-state index contributed by atoms with van der Waals surface area (Å²) in [5.41, 5.74) is 4.34. The molecule has 0 aromatic heterocycles. The number of para-hydroxylation sites is 1. The molecule has 2 aromatic rings. The van der Waals surface area contributed by atoms with E-state index in [4.69, 9.17) is 4.74 Å². The first-order valence-electron chi connectivity index (χ1n) is 8.36. The molecular weight excluding hydrogens is 315 g/mol. The Labute approximate surface area is 147 Å². The summed E-state index contributed by atoms with van der Waals surface area (Å²) in [4.78, 5) is 12.1. The summed E-state index contributed by atoms with van der Waals surface area (Å²) in [6.45, 7) is 10.2. The van der Waals surface area contributed by atoms with Crippen LogP contribution >= 0.6 is 8.58 Å². The summed E-state index contributed by atoms with van der Waals surface area (Å²) in [6, 6.07) is 12.5. The quantitative estimate of drug-likeness (QED) is 0.536. The van der Waals surface area contributed by atoms with Gasteiger partial charge in [0.15, 0.2) is 5.78 Å². The van der Waals surface area contributed by atoms with Crippen molar-refractivity contribution < 1.29 is 9.53 Å². The summed E-state index contributed by atoms with van der Waals surface area (Å²) in [6.07, 6.45) is 0.983. The Hall–Kier alpha value is -1.66. The minimum absolute atomic E-state index is 0.0587. The van der Waals surface area contributed by atoms with Gasteiger partial charge >= 0.3 is 0 Å². The topological polar surface area (TPSA) is 26.3 Å². The predicted molar refractivity (Wildman–Crippen MR) is 105 cm³/mol. The average Bonchev–Trinajstić information content (AvgIpc) is 2.56. The normalized spacial score (nSPS) is 13.9. The van der Waals surface area contributed by atoms with Crippen molar-refractivity contribution in [2.45, 2.75) is 46.2 Å². The van der Waals surface area contributed by atoms with Gasteiger partial charge in [-0.3, -0.25) is 4.79 Å². The zero-order valence-corrected chi connectivity index (χ0v) is 16.5. The molecule has 0 N–H and O–H groups in total. The number of carbonyl (C=O) groups is 1. The number of ether oxygens (including phenoxy) is 1. The Kier molecular flexibility index (Phi) is 5.83. The lowest BCUT2D eigenvalue weighted by atomic mass is 9.94. The highest BCUT2D eigenvalue weighted by Crippen LogP contribution is 2.48. The summed E-state index contributed by atoms with van der Waals surface area (Å²) < 4.78 is 5.70. The molecule has 0 saturated heterocycles. The molecule has 0 saturated carbocycles. The number of hydrogen-bond donors (Lipinski definition) is 0. The number of hydrogen-bond acceptors (Lipinski definition) is 2. The van der Waals surface area contributed by atoms with Gasteiger partial charge in [-0.2, -0.15) is 0 Å². The lowest BCUT2D eigenvalue weighted by molar-refractivity contribution is 0.101. The lowest BCUT2D eigenvalue weighted by Gasteiger charge is -2.32. The number of ketones is 1. The van der Waals surface area contributed by atoms with Gasteiger partial charge in [-0.1, -0.05) is 58.3 Å². The van der Waals surface area contributed by atoms with Crippen LogP contribution in [0.2, 0.25) is 0 Å². The molecule has 0 fully saturated rings.